The number of carbonyl (C=O) groups is 2. The molecule has 0 spiro atoms. The average molecular weight is 541 g/mol. The summed E-state index contributed by atoms with van der Waals surface area (Å²) in [5.41, 5.74) is 0.555. The molecule has 2 aromatic rings. The van der Waals surface area contributed by atoms with Gasteiger partial charge in [0.2, 0.25) is 5.91 Å². The lowest BCUT2D eigenvalue weighted by Crippen LogP contribution is -2.44. The van der Waals surface area contributed by atoms with E-state index >= 15 is 0 Å². The number of aromatic nitrogens is 2. The molecule has 0 bridgehead atoms. The third-order valence-corrected chi connectivity index (χ3v) is 9.80. The highest BCUT2D eigenvalue weighted by Gasteiger charge is 2.75. The normalized spacial score (nSPS) is 29.6. The molecular weight excluding hydrogens is 517 g/mol. The molecule has 1 amide bonds. The van der Waals surface area contributed by atoms with Crippen LogP contribution in [-0.4, -0.2) is 53.6 Å². The molecule has 2 aliphatic carbocycles. The van der Waals surface area contributed by atoms with Crippen molar-refractivity contribution in [1.82, 2.24) is 9.78 Å². The van der Waals surface area contributed by atoms with E-state index in [1.54, 1.807) is 13.1 Å². The molecule has 2 unspecified atom stereocenters. The van der Waals surface area contributed by atoms with E-state index < -0.39 is 79.3 Å². The van der Waals surface area contributed by atoms with Gasteiger partial charge in [-0.15, -0.1) is 0 Å². The highest BCUT2D eigenvalue weighted by molar-refractivity contribution is 7.92. The SMILES string of the molecule is CO[C@H]1C[C@@H](S(=O)(=O)c2ccc(-c3cnn(C)c3)cc2C(F)(F)F)C[C@]1(C(=O)O)C1CC1(C#N)C(N)=O. The summed E-state index contributed by atoms with van der Waals surface area (Å²) >= 11 is 0. The zero-order valence-electron chi connectivity index (χ0n) is 19.7. The number of rotatable bonds is 7. The molecule has 3 N–H and O–H groups in total. The standard InChI is InChI=1S/C23H23F3N4O6S/c1-30-10-13(9-29-30)12-3-4-16(15(5-12)23(24,25)26)37(34,35)14-6-18(36-2)22(7-14,20(32)33)17-8-21(17,11-27)19(28)31/h3-5,9-10,14,17-18H,6-8H2,1-2H3,(H2,28,31)(H,32,33)/t14-,17?,18+,21?,22+/m1/s1. The second-order valence-corrected chi connectivity index (χ2v) is 11.7. The van der Waals surface area contributed by atoms with Gasteiger partial charge in [-0.1, -0.05) is 6.07 Å². The number of methoxy groups -OCH3 is 1. The van der Waals surface area contributed by atoms with Gasteiger partial charge in [0.15, 0.2) is 9.84 Å². The number of nitrogens with zero attached hydrogens (tertiary/aromatic N) is 3. The van der Waals surface area contributed by atoms with E-state index in [0.29, 0.717) is 11.6 Å². The Balaban J connectivity index is 1.79. The summed E-state index contributed by atoms with van der Waals surface area (Å²) in [6.07, 6.45) is -4.82. The second kappa shape index (κ2) is 8.56. The second-order valence-electron chi connectivity index (χ2n) is 9.49. The first-order chi connectivity index (χ1) is 17.1. The predicted molar refractivity (Wildman–Crippen MR) is 120 cm³/mol. The maximum atomic E-state index is 14.1. The average Bonchev–Trinajstić information content (AvgIpc) is 3.21. The van der Waals surface area contributed by atoms with Crippen LogP contribution in [0.1, 0.15) is 24.8 Å². The van der Waals surface area contributed by atoms with Gasteiger partial charge in [-0.3, -0.25) is 14.3 Å². The molecule has 1 aromatic heterocycles. The number of aryl methyl sites for hydroxylation is 1. The molecule has 2 fully saturated rings. The van der Waals surface area contributed by atoms with Crippen molar-refractivity contribution in [2.45, 2.75) is 41.7 Å². The van der Waals surface area contributed by atoms with Crippen molar-refractivity contribution in [2.24, 2.45) is 29.5 Å². The highest BCUT2D eigenvalue weighted by Crippen LogP contribution is 2.66. The topological polar surface area (TPSA) is 165 Å². The molecule has 14 heteroatoms. The van der Waals surface area contributed by atoms with Gasteiger partial charge < -0.3 is 15.6 Å². The minimum atomic E-state index is -5.04. The Morgan fingerprint density at radius 3 is 2.43 bits per heavy atom. The molecule has 2 saturated carbocycles. The van der Waals surface area contributed by atoms with Crippen LogP contribution in [0.25, 0.3) is 11.1 Å². The zero-order chi connectivity index (χ0) is 27.6. The van der Waals surface area contributed by atoms with E-state index in [1.807, 2.05) is 0 Å². The molecule has 0 saturated heterocycles. The number of carbonyl (C=O) groups excluding carboxylic acids is 1. The summed E-state index contributed by atoms with van der Waals surface area (Å²) in [6.45, 7) is 0. The summed E-state index contributed by atoms with van der Waals surface area (Å²) in [6, 6.07) is 4.53. The lowest BCUT2D eigenvalue weighted by molar-refractivity contribution is -0.159. The number of carboxylic acid groups (broad SMARTS) is 1. The summed E-state index contributed by atoms with van der Waals surface area (Å²) < 4.78 is 76.1. The van der Waals surface area contributed by atoms with Crippen LogP contribution in [0, 0.1) is 28.1 Å². The summed E-state index contributed by atoms with van der Waals surface area (Å²) in [5.74, 6) is -3.71. The van der Waals surface area contributed by atoms with Crippen molar-refractivity contribution in [3.8, 4) is 17.2 Å². The molecule has 2 aliphatic rings. The molecule has 4 rings (SSSR count). The quantitative estimate of drug-likeness (QED) is 0.539. The van der Waals surface area contributed by atoms with Crippen molar-refractivity contribution >= 4 is 21.7 Å². The van der Waals surface area contributed by atoms with Crippen LogP contribution in [0.2, 0.25) is 0 Å². The van der Waals surface area contributed by atoms with Gasteiger partial charge in [-0.2, -0.15) is 23.5 Å². The number of hydrogen-bond donors (Lipinski definition) is 2. The number of nitriles is 1. The fourth-order valence-corrected chi connectivity index (χ4v) is 7.61. The van der Waals surface area contributed by atoms with E-state index in [0.717, 1.165) is 13.2 Å². The van der Waals surface area contributed by atoms with Gasteiger partial charge in [0.1, 0.15) is 10.8 Å². The molecule has 37 heavy (non-hydrogen) atoms. The largest absolute Gasteiger partial charge is 0.481 e. The lowest BCUT2D eigenvalue weighted by Gasteiger charge is -2.31. The Kier molecular flexibility index (Phi) is 6.16. The van der Waals surface area contributed by atoms with Crippen LogP contribution >= 0.6 is 0 Å². The number of hydrogen-bond acceptors (Lipinski definition) is 7. The number of halogens is 3. The predicted octanol–water partition coefficient (Wildman–Crippen LogP) is 2.14. The van der Waals surface area contributed by atoms with Gasteiger partial charge in [-0.25, -0.2) is 8.42 Å². The molecule has 1 heterocycles. The molecule has 1 aromatic carbocycles. The number of alkyl halides is 3. The Labute approximate surface area is 209 Å². The molecule has 198 valence electrons. The molecular formula is C23H23F3N4O6S. The van der Waals surface area contributed by atoms with Crippen molar-refractivity contribution < 1.29 is 41.0 Å². The van der Waals surface area contributed by atoms with Gasteiger partial charge in [0.25, 0.3) is 0 Å². The Morgan fingerprint density at radius 1 is 1.30 bits per heavy atom. The van der Waals surface area contributed by atoms with Crippen molar-refractivity contribution in [3.63, 3.8) is 0 Å². The minimum absolute atomic E-state index is 0.0960. The number of aliphatic carboxylic acids is 1. The number of benzene rings is 1. The van der Waals surface area contributed by atoms with E-state index in [2.05, 4.69) is 5.10 Å². The third kappa shape index (κ3) is 3.97. The number of carboxylic acids is 1. The van der Waals surface area contributed by atoms with E-state index in [9.17, 15) is 41.5 Å². The minimum Gasteiger partial charge on any atom is -0.481 e. The molecule has 0 radical (unpaired) electrons. The first-order valence-corrected chi connectivity index (χ1v) is 12.6. The molecule has 10 nitrogen and oxygen atoms in total. The Morgan fingerprint density at radius 2 is 1.97 bits per heavy atom. The van der Waals surface area contributed by atoms with E-state index in [1.165, 1.54) is 23.1 Å². The third-order valence-electron chi connectivity index (χ3n) is 7.59. The van der Waals surface area contributed by atoms with Crippen molar-refractivity contribution in [2.75, 3.05) is 7.11 Å². The maximum Gasteiger partial charge on any atom is 0.417 e. The number of primary amides is 1. The fraction of sp³-hybridized carbons (Fsp3) is 0.478. The van der Waals surface area contributed by atoms with Crippen molar-refractivity contribution in [1.29, 1.82) is 5.26 Å². The van der Waals surface area contributed by atoms with Crippen LogP contribution in [0.5, 0.6) is 0 Å². The summed E-state index contributed by atoms with van der Waals surface area (Å²) in [4.78, 5) is 23.5. The van der Waals surface area contributed by atoms with Gasteiger partial charge >= 0.3 is 12.1 Å². The Bertz CT molecular complexity index is 1430. The highest BCUT2D eigenvalue weighted by atomic mass is 32.2. The number of ether oxygens (including phenoxy) is 1. The smallest absolute Gasteiger partial charge is 0.417 e. The van der Waals surface area contributed by atoms with Crippen LogP contribution < -0.4 is 5.73 Å². The van der Waals surface area contributed by atoms with Crippen LogP contribution in [0.15, 0.2) is 35.5 Å². The maximum absolute atomic E-state index is 14.1. The van der Waals surface area contributed by atoms with E-state index in [-0.39, 0.29) is 12.0 Å². The van der Waals surface area contributed by atoms with Gasteiger partial charge in [-0.05, 0) is 37.0 Å². The van der Waals surface area contributed by atoms with E-state index in [4.69, 9.17) is 10.5 Å². The molecule has 0 aliphatic heterocycles. The summed E-state index contributed by atoms with van der Waals surface area (Å²) in [7, 11) is -2.03. The van der Waals surface area contributed by atoms with Crippen molar-refractivity contribution in [3.05, 3.63) is 36.2 Å². The summed E-state index contributed by atoms with van der Waals surface area (Å²) in [5, 5.41) is 22.0. The first kappa shape index (κ1) is 26.6. The molecule has 5 atom stereocenters. The Hall–Kier alpha value is -3.44. The fourth-order valence-electron chi connectivity index (χ4n) is 5.59. The van der Waals surface area contributed by atoms with Crippen LogP contribution in [0.3, 0.4) is 0 Å². The zero-order valence-corrected chi connectivity index (χ0v) is 20.5. The number of nitrogens with two attached hydrogens (primary N) is 1. The first-order valence-electron chi connectivity index (χ1n) is 11.1. The van der Waals surface area contributed by atoms with Gasteiger partial charge in [0.05, 0.1) is 34.1 Å². The van der Waals surface area contributed by atoms with Crippen LogP contribution in [-0.2, 0) is 37.4 Å². The monoisotopic (exact) mass is 540 g/mol. The number of sulfone groups is 1. The lowest BCUT2D eigenvalue weighted by atomic mass is 9.75. The van der Waals surface area contributed by atoms with Gasteiger partial charge in [0, 0.05) is 31.8 Å². The number of amides is 1. The van der Waals surface area contributed by atoms with Crippen LogP contribution in [0.4, 0.5) is 13.2 Å².